The zero-order chi connectivity index (χ0) is 12.3. The average Bonchev–Trinajstić information content (AvgIpc) is 2.29. The first-order chi connectivity index (χ1) is 8.09. The second-order valence-corrected chi connectivity index (χ2v) is 6.42. The minimum atomic E-state index is 0.350. The van der Waals surface area contributed by atoms with Gasteiger partial charge in [0, 0.05) is 16.6 Å². The van der Waals surface area contributed by atoms with Crippen LogP contribution in [-0.2, 0) is 6.54 Å². The molecule has 94 valence electrons. The van der Waals surface area contributed by atoms with E-state index in [0.29, 0.717) is 5.54 Å². The van der Waals surface area contributed by atoms with Crippen molar-refractivity contribution in [3.05, 3.63) is 33.8 Å². The van der Waals surface area contributed by atoms with Crippen molar-refractivity contribution < 1.29 is 0 Å². The molecule has 0 heterocycles. The lowest BCUT2D eigenvalue weighted by molar-refractivity contribution is 0.252. The van der Waals surface area contributed by atoms with Crippen molar-refractivity contribution >= 4 is 15.9 Å². The molecule has 0 saturated heterocycles. The maximum atomic E-state index is 3.74. The molecule has 0 bridgehead atoms. The lowest BCUT2D eigenvalue weighted by atomic mass is 9.83. The number of nitrogens with one attached hydrogen (secondary N) is 1. The van der Waals surface area contributed by atoms with Crippen LogP contribution in [0, 0.1) is 6.92 Å². The summed E-state index contributed by atoms with van der Waals surface area (Å²) >= 11 is 3.65. The van der Waals surface area contributed by atoms with Crippen LogP contribution < -0.4 is 5.32 Å². The molecular weight excluding hydrogens is 274 g/mol. The Balaban J connectivity index is 1.97. The highest BCUT2D eigenvalue weighted by Gasteiger charge is 2.25. The zero-order valence-electron chi connectivity index (χ0n) is 10.9. The van der Waals surface area contributed by atoms with Crippen molar-refractivity contribution in [2.24, 2.45) is 0 Å². The highest BCUT2D eigenvalue weighted by atomic mass is 79.9. The van der Waals surface area contributed by atoms with Gasteiger partial charge in [-0.15, -0.1) is 0 Å². The Morgan fingerprint density at radius 2 is 1.94 bits per heavy atom. The predicted molar refractivity (Wildman–Crippen MR) is 77.2 cm³/mol. The van der Waals surface area contributed by atoms with Crippen LogP contribution in [0.25, 0.3) is 0 Å². The molecule has 1 nitrogen and oxygen atoms in total. The maximum absolute atomic E-state index is 3.74. The molecule has 2 heteroatoms. The van der Waals surface area contributed by atoms with Crippen molar-refractivity contribution in [2.45, 2.75) is 58.0 Å². The van der Waals surface area contributed by atoms with Crippen molar-refractivity contribution in [1.82, 2.24) is 5.32 Å². The Morgan fingerprint density at radius 1 is 1.24 bits per heavy atom. The Bertz CT molecular complexity index is 381. The summed E-state index contributed by atoms with van der Waals surface area (Å²) in [5, 5.41) is 3.74. The molecule has 17 heavy (non-hydrogen) atoms. The average molecular weight is 296 g/mol. The van der Waals surface area contributed by atoms with Gasteiger partial charge < -0.3 is 5.32 Å². The van der Waals surface area contributed by atoms with Gasteiger partial charge in [-0.3, -0.25) is 0 Å². The molecule has 0 aliphatic heterocycles. The van der Waals surface area contributed by atoms with Crippen LogP contribution in [0.5, 0.6) is 0 Å². The highest BCUT2D eigenvalue weighted by Crippen LogP contribution is 2.28. The molecule has 1 aliphatic carbocycles. The Morgan fingerprint density at radius 3 is 2.59 bits per heavy atom. The molecule has 1 saturated carbocycles. The largest absolute Gasteiger partial charge is 0.307 e. The Labute approximate surface area is 113 Å². The summed E-state index contributed by atoms with van der Waals surface area (Å²) in [6, 6.07) is 6.60. The summed E-state index contributed by atoms with van der Waals surface area (Å²) in [4.78, 5) is 0. The van der Waals surface area contributed by atoms with Gasteiger partial charge in [0.05, 0.1) is 0 Å². The van der Waals surface area contributed by atoms with E-state index in [1.54, 1.807) is 0 Å². The van der Waals surface area contributed by atoms with E-state index in [2.05, 4.69) is 53.3 Å². The summed E-state index contributed by atoms with van der Waals surface area (Å²) in [5.41, 5.74) is 3.02. The van der Waals surface area contributed by atoms with Gasteiger partial charge in [0.2, 0.25) is 0 Å². The second kappa shape index (κ2) is 5.53. The molecule has 1 fully saturated rings. The minimum Gasteiger partial charge on any atom is -0.307 e. The fraction of sp³-hybridized carbons (Fsp3) is 0.600. The van der Waals surface area contributed by atoms with Gasteiger partial charge in [0.25, 0.3) is 0 Å². The third-order valence-corrected chi connectivity index (χ3v) is 4.61. The molecule has 0 unspecified atom stereocenters. The van der Waals surface area contributed by atoms with Gasteiger partial charge >= 0.3 is 0 Å². The molecule has 0 aromatic heterocycles. The summed E-state index contributed by atoms with van der Waals surface area (Å²) in [5.74, 6) is 0. The van der Waals surface area contributed by atoms with Crippen LogP contribution in [0.2, 0.25) is 0 Å². The summed E-state index contributed by atoms with van der Waals surface area (Å²) < 4.78 is 1.23. The maximum Gasteiger partial charge on any atom is 0.0222 e. The lowest BCUT2D eigenvalue weighted by Crippen LogP contribution is -2.43. The fourth-order valence-corrected chi connectivity index (χ4v) is 3.25. The van der Waals surface area contributed by atoms with Crippen molar-refractivity contribution in [1.29, 1.82) is 0 Å². The predicted octanol–water partition coefficient (Wildman–Crippen LogP) is 4.57. The van der Waals surface area contributed by atoms with E-state index in [0.717, 1.165) is 6.54 Å². The first-order valence-electron chi connectivity index (χ1n) is 6.59. The standard InChI is InChI=1S/C15H22BrN/c1-12-6-7-13(14(16)10-12)11-17-15(2)8-4-3-5-9-15/h6-7,10,17H,3-5,8-9,11H2,1-2H3. The number of benzene rings is 1. The van der Waals surface area contributed by atoms with Gasteiger partial charge in [-0.05, 0) is 43.9 Å². The fourth-order valence-electron chi connectivity index (χ4n) is 2.61. The van der Waals surface area contributed by atoms with Crippen molar-refractivity contribution in [3.63, 3.8) is 0 Å². The van der Waals surface area contributed by atoms with Crippen LogP contribution in [0.4, 0.5) is 0 Å². The van der Waals surface area contributed by atoms with E-state index in [1.165, 1.54) is 47.7 Å². The van der Waals surface area contributed by atoms with Crippen LogP contribution >= 0.6 is 15.9 Å². The van der Waals surface area contributed by atoms with Gasteiger partial charge in [-0.1, -0.05) is 47.3 Å². The van der Waals surface area contributed by atoms with E-state index in [9.17, 15) is 0 Å². The molecule has 0 radical (unpaired) electrons. The molecule has 1 N–H and O–H groups in total. The minimum absolute atomic E-state index is 0.350. The first kappa shape index (κ1) is 13.1. The Kier molecular flexibility index (Phi) is 4.26. The number of rotatable bonds is 3. The monoisotopic (exact) mass is 295 g/mol. The summed E-state index contributed by atoms with van der Waals surface area (Å²) in [6.07, 6.45) is 6.79. The van der Waals surface area contributed by atoms with Gasteiger partial charge in [-0.2, -0.15) is 0 Å². The van der Waals surface area contributed by atoms with Crippen molar-refractivity contribution in [3.8, 4) is 0 Å². The number of halogens is 1. The zero-order valence-corrected chi connectivity index (χ0v) is 12.4. The normalized spacial score (nSPS) is 19.2. The first-order valence-corrected chi connectivity index (χ1v) is 7.38. The molecule has 0 atom stereocenters. The third kappa shape index (κ3) is 3.56. The molecule has 0 amide bonds. The lowest BCUT2D eigenvalue weighted by Gasteiger charge is -2.35. The van der Waals surface area contributed by atoms with E-state index in [-0.39, 0.29) is 0 Å². The number of hydrogen-bond donors (Lipinski definition) is 1. The van der Waals surface area contributed by atoms with Crippen LogP contribution in [-0.4, -0.2) is 5.54 Å². The van der Waals surface area contributed by atoms with E-state index in [4.69, 9.17) is 0 Å². The summed E-state index contributed by atoms with van der Waals surface area (Å²) in [6.45, 7) is 5.47. The molecule has 2 rings (SSSR count). The van der Waals surface area contributed by atoms with Crippen LogP contribution in [0.3, 0.4) is 0 Å². The SMILES string of the molecule is Cc1ccc(CNC2(C)CCCCC2)c(Br)c1. The van der Waals surface area contributed by atoms with Gasteiger partial charge in [0.15, 0.2) is 0 Å². The number of aryl methyl sites for hydroxylation is 1. The molecule has 1 aromatic carbocycles. The van der Waals surface area contributed by atoms with Crippen LogP contribution in [0.1, 0.15) is 50.2 Å². The molecule has 0 spiro atoms. The third-order valence-electron chi connectivity index (χ3n) is 3.87. The van der Waals surface area contributed by atoms with E-state index < -0.39 is 0 Å². The topological polar surface area (TPSA) is 12.0 Å². The van der Waals surface area contributed by atoms with Crippen molar-refractivity contribution in [2.75, 3.05) is 0 Å². The smallest absolute Gasteiger partial charge is 0.0222 e. The van der Waals surface area contributed by atoms with E-state index >= 15 is 0 Å². The van der Waals surface area contributed by atoms with Gasteiger partial charge in [0.1, 0.15) is 0 Å². The molecule has 1 aliphatic rings. The highest BCUT2D eigenvalue weighted by molar-refractivity contribution is 9.10. The Hall–Kier alpha value is -0.340. The molecular formula is C15H22BrN. The quantitative estimate of drug-likeness (QED) is 0.861. The van der Waals surface area contributed by atoms with E-state index in [1.807, 2.05) is 0 Å². The van der Waals surface area contributed by atoms with Gasteiger partial charge in [-0.25, -0.2) is 0 Å². The summed E-state index contributed by atoms with van der Waals surface area (Å²) in [7, 11) is 0. The van der Waals surface area contributed by atoms with Crippen LogP contribution in [0.15, 0.2) is 22.7 Å². The second-order valence-electron chi connectivity index (χ2n) is 5.57. The number of hydrogen-bond acceptors (Lipinski definition) is 1. The molecule has 1 aromatic rings.